The van der Waals surface area contributed by atoms with E-state index < -0.39 is 0 Å². The van der Waals surface area contributed by atoms with E-state index in [1.54, 1.807) is 13.2 Å². The molecule has 0 atom stereocenters. The van der Waals surface area contributed by atoms with Gasteiger partial charge in [0.25, 0.3) is 0 Å². The van der Waals surface area contributed by atoms with Gasteiger partial charge in [-0.15, -0.1) is 0 Å². The molecule has 0 bridgehead atoms. The molecule has 0 aliphatic carbocycles. The summed E-state index contributed by atoms with van der Waals surface area (Å²) < 4.78 is 11.0. The van der Waals surface area contributed by atoms with Crippen LogP contribution in [-0.2, 0) is 10.2 Å². The highest BCUT2D eigenvalue weighted by atomic mass is 35.5. The summed E-state index contributed by atoms with van der Waals surface area (Å²) in [6, 6.07) is 11.7. The first-order valence-electron chi connectivity index (χ1n) is 9.64. The highest BCUT2D eigenvalue weighted by molar-refractivity contribution is 6.31. The summed E-state index contributed by atoms with van der Waals surface area (Å²) in [6.07, 6.45) is 2.08. The molecule has 0 aromatic heterocycles. The summed E-state index contributed by atoms with van der Waals surface area (Å²) in [5.41, 5.74) is 2.98. The van der Waals surface area contributed by atoms with Crippen molar-refractivity contribution in [3.63, 3.8) is 0 Å². The summed E-state index contributed by atoms with van der Waals surface area (Å²) >= 11 is 6.10. The molecule has 0 unspecified atom stereocenters. The van der Waals surface area contributed by atoms with E-state index in [0.29, 0.717) is 35.9 Å². The summed E-state index contributed by atoms with van der Waals surface area (Å²) in [5.74, 6) is 1.30. The fourth-order valence-electron chi connectivity index (χ4n) is 2.77. The Balaban J connectivity index is 1.81. The van der Waals surface area contributed by atoms with Crippen LogP contribution in [0.5, 0.6) is 11.5 Å². The van der Waals surface area contributed by atoms with E-state index >= 15 is 0 Å². The molecule has 5 heteroatoms. The number of carbonyl (C=O) groups is 1. The number of aryl methyl sites for hydroxylation is 1. The minimum absolute atomic E-state index is 0.0799. The molecule has 0 heterocycles. The third kappa shape index (κ3) is 5.90. The van der Waals surface area contributed by atoms with Gasteiger partial charge in [-0.25, -0.2) is 0 Å². The van der Waals surface area contributed by atoms with Gasteiger partial charge in [0.2, 0.25) is 5.91 Å². The van der Waals surface area contributed by atoms with Crippen molar-refractivity contribution in [2.45, 2.75) is 52.4 Å². The second-order valence-corrected chi connectivity index (χ2v) is 7.97. The van der Waals surface area contributed by atoms with Crippen LogP contribution in [-0.4, -0.2) is 19.6 Å². The van der Waals surface area contributed by atoms with Crippen LogP contribution in [0.2, 0.25) is 5.02 Å². The minimum Gasteiger partial charge on any atom is -0.495 e. The number of carbonyl (C=O) groups excluding carboxylic acids is 1. The Morgan fingerprint density at radius 1 is 1.18 bits per heavy atom. The van der Waals surface area contributed by atoms with Crippen LogP contribution in [0, 0.1) is 6.92 Å². The number of benzene rings is 2. The van der Waals surface area contributed by atoms with Crippen molar-refractivity contribution >= 4 is 23.2 Å². The first-order chi connectivity index (χ1) is 13.3. The lowest BCUT2D eigenvalue weighted by Gasteiger charge is -2.23. The zero-order valence-electron chi connectivity index (χ0n) is 17.4. The topological polar surface area (TPSA) is 47.6 Å². The lowest BCUT2D eigenvalue weighted by Crippen LogP contribution is -2.15. The highest BCUT2D eigenvalue weighted by Crippen LogP contribution is 2.31. The second-order valence-electron chi connectivity index (χ2n) is 7.56. The van der Waals surface area contributed by atoms with Crippen molar-refractivity contribution in [2.24, 2.45) is 0 Å². The number of nitrogens with one attached hydrogen (secondary N) is 1. The molecule has 0 aliphatic heterocycles. The smallest absolute Gasteiger partial charge is 0.224 e. The zero-order chi connectivity index (χ0) is 20.7. The van der Waals surface area contributed by atoms with E-state index in [-0.39, 0.29) is 11.3 Å². The molecule has 0 spiro atoms. The van der Waals surface area contributed by atoms with Crippen LogP contribution in [0.4, 0.5) is 5.69 Å². The van der Waals surface area contributed by atoms with Crippen molar-refractivity contribution in [1.82, 2.24) is 0 Å². The number of anilines is 1. The second kappa shape index (κ2) is 9.83. The van der Waals surface area contributed by atoms with E-state index in [0.717, 1.165) is 17.7 Å². The molecule has 0 saturated carbocycles. The number of rotatable bonds is 9. The molecule has 0 aliphatic rings. The van der Waals surface area contributed by atoms with Crippen molar-refractivity contribution in [2.75, 3.05) is 19.0 Å². The Bertz CT molecular complexity index is 800. The van der Waals surface area contributed by atoms with Gasteiger partial charge in [0.15, 0.2) is 0 Å². The SMILES string of the molecule is CCC(C)(C)c1ccc(OCCCC(=O)Nc2cc(C)c(Cl)cc2OC)cc1. The Kier molecular flexibility index (Phi) is 7.76. The number of methoxy groups -OCH3 is 1. The van der Waals surface area contributed by atoms with Crippen LogP contribution in [0.15, 0.2) is 36.4 Å². The Morgan fingerprint density at radius 2 is 1.86 bits per heavy atom. The van der Waals surface area contributed by atoms with Crippen LogP contribution in [0.25, 0.3) is 0 Å². The van der Waals surface area contributed by atoms with E-state index in [2.05, 4.69) is 38.2 Å². The van der Waals surface area contributed by atoms with Gasteiger partial charge in [0, 0.05) is 17.5 Å². The molecule has 0 saturated heterocycles. The fraction of sp³-hybridized carbons (Fsp3) is 0.435. The van der Waals surface area contributed by atoms with E-state index in [4.69, 9.17) is 21.1 Å². The van der Waals surface area contributed by atoms with E-state index in [1.807, 2.05) is 25.1 Å². The molecule has 28 heavy (non-hydrogen) atoms. The van der Waals surface area contributed by atoms with Crippen molar-refractivity contribution in [1.29, 1.82) is 0 Å². The lowest BCUT2D eigenvalue weighted by molar-refractivity contribution is -0.116. The molecule has 2 aromatic carbocycles. The molecule has 1 amide bonds. The molecule has 2 aromatic rings. The molecule has 0 fully saturated rings. The standard InChI is InChI=1S/C23H30ClNO3/c1-6-23(3,4)17-9-11-18(12-10-17)28-13-7-8-22(26)25-20-14-16(2)19(24)15-21(20)27-5/h9-12,14-15H,6-8,13H2,1-5H3,(H,25,26). The van der Waals surface area contributed by atoms with Crippen LogP contribution < -0.4 is 14.8 Å². The summed E-state index contributed by atoms with van der Waals surface area (Å²) in [7, 11) is 1.55. The number of hydrogen-bond donors (Lipinski definition) is 1. The maximum atomic E-state index is 12.2. The average molecular weight is 404 g/mol. The van der Waals surface area contributed by atoms with Gasteiger partial charge in [-0.1, -0.05) is 44.5 Å². The summed E-state index contributed by atoms with van der Waals surface area (Å²) in [4.78, 5) is 12.2. The van der Waals surface area contributed by atoms with Crippen LogP contribution >= 0.6 is 11.6 Å². The van der Waals surface area contributed by atoms with Gasteiger partial charge in [-0.05, 0) is 54.5 Å². The third-order valence-corrected chi connectivity index (χ3v) is 5.50. The number of amides is 1. The first kappa shape index (κ1) is 22.1. The summed E-state index contributed by atoms with van der Waals surface area (Å²) in [5, 5.41) is 3.49. The molecular weight excluding hydrogens is 374 g/mol. The van der Waals surface area contributed by atoms with Crippen molar-refractivity contribution in [3.05, 3.63) is 52.5 Å². The van der Waals surface area contributed by atoms with Gasteiger partial charge in [-0.2, -0.15) is 0 Å². The molecule has 152 valence electrons. The van der Waals surface area contributed by atoms with Gasteiger partial charge in [-0.3, -0.25) is 4.79 Å². The largest absolute Gasteiger partial charge is 0.495 e. The highest BCUT2D eigenvalue weighted by Gasteiger charge is 2.17. The van der Waals surface area contributed by atoms with Crippen molar-refractivity contribution in [3.8, 4) is 11.5 Å². The quantitative estimate of drug-likeness (QED) is 0.511. The molecule has 2 rings (SSSR count). The number of ether oxygens (including phenoxy) is 2. The maximum Gasteiger partial charge on any atom is 0.224 e. The Morgan fingerprint density at radius 3 is 2.46 bits per heavy atom. The predicted octanol–water partition coefficient (Wildman–Crippen LogP) is 6.14. The monoisotopic (exact) mass is 403 g/mol. The Labute approximate surface area is 173 Å². The van der Waals surface area contributed by atoms with E-state index in [1.165, 1.54) is 5.56 Å². The molecule has 4 nitrogen and oxygen atoms in total. The third-order valence-electron chi connectivity index (χ3n) is 5.09. The van der Waals surface area contributed by atoms with Crippen LogP contribution in [0.3, 0.4) is 0 Å². The van der Waals surface area contributed by atoms with Gasteiger partial charge < -0.3 is 14.8 Å². The number of halogens is 1. The van der Waals surface area contributed by atoms with Gasteiger partial charge in [0.1, 0.15) is 11.5 Å². The molecular formula is C23H30ClNO3. The molecule has 1 N–H and O–H groups in total. The lowest BCUT2D eigenvalue weighted by atomic mass is 9.82. The minimum atomic E-state index is -0.0799. The zero-order valence-corrected chi connectivity index (χ0v) is 18.2. The first-order valence-corrected chi connectivity index (χ1v) is 10.0. The normalized spacial score (nSPS) is 11.2. The maximum absolute atomic E-state index is 12.2. The van der Waals surface area contributed by atoms with Crippen molar-refractivity contribution < 1.29 is 14.3 Å². The average Bonchev–Trinajstić information content (AvgIpc) is 2.68. The fourth-order valence-corrected chi connectivity index (χ4v) is 2.93. The summed E-state index contributed by atoms with van der Waals surface area (Å²) in [6.45, 7) is 9.03. The number of hydrogen-bond acceptors (Lipinski definition) is 3. The van der Waals surface area contributed by atoms with E-state index in [9.17, 15) is 4.79 Å². The predicted molar refractivity (Wildman–Crippen MR) is 116 cm³/mol. The van der Waals surface area contributed by atoms with Gasteiger partial charge >= 0.3 is 0 Å². The van der Waals surface area contributed by atoms with Gasteiger partial charge in [0.05, 0.1) is 19.4 Å². The van der Waals surface area contributed by atoms with Crippen LogP contribution in [0.1, 0.15) is 51.2 Å². The Hall–Kier alpha value is -2.20. The molecule has 0 radical (unpaired) electrons.